The highest BCUT2D eigenvalue weighted by Crippen LogP contribution is 2.27. The van der Waals surface area contributed by atoms with Crippen LogP contribution in [0.3, 0.4) is 0 Å². The quantitative estimate of drug-likeness (QED) is 0.600. The van der Waals surface area contributed by atoms with E-state index in [2.05, 4.69) is 10.1 Å². The van der Waals surface area contributed by atoms with Crippen molar-refractivity contribution in [1.29, 1.82) is 5.41 Å². The Bertz CT molecular complexity index is 1250. The lowest BCUT2D eigenvalue weighted by molar-refractivity contribution is -0.119. The van der Waals surface area contributed by atoms with Crippen LogP contribution in [0.25, 0.3) is 5.69 Å². The van der Waals surface area contributed by atoms with E-state index in [1.165, 1.54) is 29.1 Å². The van der Waals surface area contributed by atoms with Crippen molar-refractivity contribution in [2.45, 2.75) is 19.8 Å². The van der Waals surface area contributed by atoms with E-state index in [0.29, 0.717) is 23.6 Å². The summed E-state index contributed by atoms with van der Waals surface area (Å²) < 4.78 is 16.3. The summed E-state index contributed by atoms with van der Waals surface area (Å²) in [5.74, 6) is -0.656. The van der Waals surface area contributed by atoms with E-state index in [1.54, 1.807) is 23.1 Å². The van der Waals surface area contributed by atoms with E-state index in [9.17, 15) is 14.0 Å². The molecule has 1 aliphatic rings. The fourth-order valence-electron chi connectivity index (χ4n) is 3.62. The van der Waals surface area contributed by atoms with Gasteiger partial charge in [0, 0.05) is 43.0 Å². The maximum Gasteiger partial charge on any atom is 0.229 e. The Labute approximate surface area is 184 Å². The molecule has 7 nitrogen and oxygen atoms in total. The molecular weight excluding hydrogens is 409 g/mol. The molecule has 0 radical (unpaired) electrons. The third kappa shape index (κ3) is 4.25. The number of hydrogen-bond donors (Lipinski definition) is 1. The molecule has 1 fully saturated rings. The number of nitrogens with zero attached hydrogens (tertiary/aromatic N) is 4. The minimum absolute atomic E-state index is 0.0191. The van der Waals surface area contributed by atoms with Crippen molar-refractivity contribution in [3.8, 4) is 5.69 Å². The molecule has 4 rings (SSSR count). The zero-order valence-electron chi connectivity index (χ0n) is 17.5. The van der Waals surface area contributed by atoms with Crippen molar-refractivity contribution in [3.05, 3.63) is 82.5 Å². The smallest absolute Gasteiger partial charge is 0.229 e. The number of hydrogen-bond acceptors (Lipinski definition) is 5. The molecule has 1 unspecified atom stereocenters. The van der Waals surface area contributed by atoms with E-state index in [1.807, 2.05) is 25.1 Å². The van der Waals surface area contributed by atoms with Crippen LogP contribution in [0.2, 0.25) is 0 Å². The standard InChI is InChI=1S/C24H22FN5O2/c1-16-10-13-29(24(16)32)18-7-8-21(19(25)15-18)30-14-11-22(31)23(28-30)20(9-12-26)27-17-5-3-2-4-6-17/h2-8,11-12,14-16,26H,9-10,13H2,1H3. The molecule has 1 atom stereocenters. The molecule has 1 aliphatic heterocycles. The Morgan fingerprint density at radius 1 is 1.22 bits per heavy atom. The summed E-state index contributed by atoms with van der Waals surface area (Å²) >= 11 is 0. The number of para-hydroxylation sites is 1. The van der Waals surface area contributed by atoms with Crippen molar-refractivity contribution in [2.75, 3.05) is 11.4 Å². The van der Waals surface area contributed by atoms with Crippen molar-refractivity contribution >= 4 is 29.2 Å². The lowest BCUT2D eigenvalue weighted by Gasteiger charge is -2.17. The number of benzene rings is 2. The number of carbonyl (C=O) groups is 1. The molecule has 0 aliphatic carbocycles. The third-order valence-corrected chi connectivity index (χ3v) is 5.36. The van der Waals surface area contributed by atoms with Gasteiger partial charge in [-0.05, 0) is 36.8 Å². The predicted molar refractivity (Wildman–Crippen MR) is 122 cm³/mol. The van der Waals surface area contributed by atoms with E-state index >= 15 is 0 Å². The minimum Gasteiger partial charge on any atom is -0.313 e. The van der Waals surface area contributed by atoms with Crippen LogP contribution in [-0.2, 0) is 4.79 Å². The molecule has 3 aromatic rings. The highest BCUT2D eigenvalue weighted by molar-refractivity contribution is 6.06. The van der Waals surface area contributed by atoms with Gasteiger partial charge in [-0.3, -0.25) is 14.6 Å². The van der Waals surface area contributed by atoms with Gasteiger partial charge >= 0.3 is 0 Å². The SMILES string of the molecule is CC1CCN(c2ccc(-n3ccc(=O)c(C(CC=N)=Nc4ccccc4)n3)c(F)c2)C1=O. The van der Waals surface area contributed by atoms with Crippen LogP contribution in [0.15, 0.2) is 70.6 Å². The lowest BCUT2D eigenvalue weighted by atomic mass is 10.1. The monoisotopic (exact) mass is 431 g/mol. The summed E-state index contributed by atoms with van der Waals surface area (Å²) in [5, 5.41) is 11.8. The molecule has 162 valence electrons. The summed E-state index contributed by atoms with van der Waals surface area (Å²) in [4.78, 5) is 30.8. The summed E-state index contributed by atoms with van der Waals surface area (Å²) in [5.41, 5.74) is 1.26. The number of rotatable bonds is 6. The molecule has 8 heteroatoms. The maximum atomic E-state index is 15.0. The van der Waals surface area contributed by atoms with Crippen LogP contribution in [-0.4, -0.2) is 34.2 Å². The zero-order chi connectivity index (χ0) is 22.7. The molecule has 2 aromatic carbocycles. The average molecular weight is 431 g/mol. The average Bonchev–Trinajstić information content (AvgIpc) is 3.13. The lowest BCUT2D eigenvalue weighted by Crippen LogP contribution is -2.26. The second kappa shape index (κ2) is 9.05. The first-order chi connectivity index (χ1) is 15.5. The van der Waals surface area contributed by atoms with Gasteiger partial charge < -0.3 is 10.3 Å². The molecule has 0 spiro atoms. The van der Waals surface area contributed by atoms with Gasteiger partial charge in [0.1, 0.15) is 5.69 Å². The number of anilines is 1. The van der Waals surface area contributed by atoms with Gasteiger partial charge in [-0.15, -0.1) is 0 Å². The minimum atomic E-state index is -0.564. The number of halogens is 1. The number of aromatic nitrogens is 2. The molecule has 0 saturated carbocycles. The highest BCUT2D eigenvalue weighted by atomic mass is 19.1. The summed E-state index contributed by atoms with van der Waals surface area (Å²) in [6.45, 7) is 2.42. The van der Waals surface area contributed by atoms with E-state index in [-0.39, 0.29) is 35.1 Å². The number of aliphatic imine (C=N–C) groups is 1. The van der Waals surface area contributed by atoms with Gasteiger partial charge in [-0.1, -0.05) is 25.1 Å². The second-order valence-electron chi connectivity index (χ2n) is 7.59. The summed E-state index contributed by atoms with van der Waals surface area (Å²) in [6.07, 6.45) is 3.38. The Kier molecular flexibility index (Phi) is 6.02. The van der Waals surface area contributed by atoms with Gasteiger partial charge in [-0.2, -0.15) is 5.10 Å². The Balaban J connectivity index is 1.72. The van der Waals surface area contributed by atoms with E-state index in [4.69, 9.17) is 5.41 Å². The molecule has 1 N–H and O–H groups in total. The number of amides is 1. The van der Waals surface area contributed by atoms with Crippen LogP contribution in [0, 0.1) is 17.1 Å². The molecule has 32 heavy (non-hydrogen) atoms. The molecule has 0 bridgehead atoms. The molecular formula is C24H22FN5O2. The Morgan fingerprint density at radius 2 is 2.00 bits per heavy atom. The number of carbonyl (C=O) groups excluding carboxylic acids is 1. The van der Waals surface area contributed by atoms with Gasteiger partial charge in [0.05, 0.1) is 11.4 Å². The van der Waals surface area contributed by atoms with Crippen molar-refractivity contribution in [1.82, 2.24) is 9.78 Å². The normalized spacial score (nSPS) is 16.4. The maximum absolute atomic E-state index is 15.0. The van der Waals surface area contributed by atoms with Crippen molar-refractivity contribution in [3.63, 3.8) is 0 Å². The fourth-order valence-corrected chi connectivity index (χ4v) is 3.62. The first kappa shape index (κ1) is 21.3. The Morgan fingerprint density at radius 3 is 2.66 bits per heavy atom. The first-order valence-electron chi connectivity index (χ1n) is 10.3. The van der Waals surface area contributed by atoms with Crippen molar-refractivity contribution < 1.29 is 9.18 Å². The van der Waals surface area contributed by atoms with Gasteiger partial charge in [-0.25, -0.2) is 9.07 Å². The van der Waals surface area contributed by atoms with Crippen LogP contribution in [0.5, 0.6) is 0 Å². The molecule has 1 saturated heterocycles. The van der Waals surface area contributed by atoms with Gasteiger partial charge in [0.15, 0.2) is 11.5 Å². The van der Waals surface area contributed by atoms with Crippen LogP contribution >= 0.6 is 0 Å². The number of nitrogens with one attached hydrogen (secondary N) is 1. The third-order valence-electron chi connectivity index (χ3n) is 5.36. The van der Waals surface area contributed by atoms with Crippen LogP contribution in [0.4, 0.5) is 15.8 Å². The Hall–Kier alpha value is -3.94. The topological polar surface area (TPSA) is 91.4 Å². The zero-order valence-corrected chi connectivity index (χ0v) is 17.5. The summed E-state index contributed by atoms with van der Waals surface area (Å²) in [7, 11) is 0. The fraction of sp³-hybridized carbons (Fsp3) is 0.208. The molecule has 2 heterocycles. The van der Waals surface area contributed by atoms with E-state index < -0.39 is 5.82 Å². The van der Waals surface area contributed by atoms with Crippen LogP contribution < -0.4 is 10.3 Å². The molecule has 1 amide bonds. The van der Waals surface area contributed by atoms with Gasteiger partial charge in [0.25, 0.3) is 0 Å². The van der Waals surface area contributed by atoms with Crippen molar-refractivity contribution in [2.24, 2.45) is 10.9 Å². The van der Waals surface area contributed by atoms with Gasteiger partial charge in [0.2, 0.25) is 11.3 Å². The highest BCUT2D eigenvalue weighted by Gasteiger charge is 2.29. The van der Waals surface area contributed by atoms with E-state index in [0.717, 1.165) is 12.6 Å². The predicted octanol–water partition coefficient (Wildman–Crippen LogP) is 3.90. The molecule has 1 aromatic heterocycles. The largest absolute Gasteiger partial charge is 0.313 e. The first-order valence-corrected chi connectivity index (χ1v) is 10.3. The second-order valence-corrected chi connectivity index (χ2v) is 7.59. The van der Waals surface area contributed by atoms with Crippen LogP contribution in [0.1, 0.15) is 25.5 Å². The summed E-state index contributed by atoms with van der Waals surface area (Å²) in [6, 6.07) is 14.9.